The SMILES string of the molecule is CCNCC(Cc1ccc(OC)cc1)Cc1ccn(C)n1. The van der Waals surface area contributed by atoms with Crippen LogP contribution in [0.25, 0.3) is 0 Å². The molecule has 114 valence electrons. The Morgan fingerprint density at radius 3 is 2.52 bits per heavy atom. The van der Waals surface area contributed by atoms with E-state index in [9.17, 15) is 0 Å². The zero-order valence-corrected chi connectivity index (χ0v) is 13.2. The topological polar surface area (TPSA) is 39.1 Å². The van der Waals surface area contributed by atoms with E-state index in [1.807, 2.05) is 30.1 Å². The molecular weight excluding hydrogens is 262 g/mol. The van der Waals surface area contributed by atoms with Crippen LogP contribution in [0.3, 0.4) is 0 Å². The zero-order chi connectivity index (χ0) is 15.1. The molecule has 1 heterocycles. The van der Waals surface area contributed by atoms with Gasteiger partial charge in [0.25, 0.3) is 0 Å². The van der Waals surface area contributed by atoms with Gasteiger partial charge in [0, 0.05) is 13.2 Å². The molecule has 0 amide bonds. The number of hydrogen-bond donors (Lipinski definition) is 1. The first-order valence-corrected chi connectivity index (χ1v) is 7.53. The van der Waals surface area contributed by atoms with E-state index in [-0.39, 0.29) is 0 Å². The highest BCUT2D eigenvalue weighted by Crippen LogP contribution is 2.17. The molecular formula is C17H25N3O. The normalized spacial score (nSPS) is 12.3. The molecule has 0 fully saturated rings. The Hall–Kier alpha value is -1.81. The Kier molecular flexibility index (Phi) is 5.81. The van der Waals surface area contributed by atoms with Crippen molar-refractivity contribution >= 4 is 0 Å². The van der Waals surface area contributed by atoms with Crippen molar-refractivity contribution in [2.45, 2.75) is 19.8 Å². The summed E-state index contributed by atoms with van der Waals surface area (Å²) in [6.45, 7) is 4.16. The summed E-state index contributed by atoms with van der Waals surface area (Å²) in [7, 11) is 3.66. The fourth-order valence-electron chi connectivity index (χ4n) is 2.53. The number of aryl methyl sites for hydroxylation is 1. The highest BCUT2D eigenvalue weighted by Gasteiger charge is 2.12. The molecule has 1 N–H and O–H groups in total. The lowest BCUT2D eigenvalue weighted by Crippen LogP contribution is -2.25. The number of ether oxygens (including phenoxy) is 1. The number of hydrogen-bond acceptors (Lipinski definition) is 3. The van der Waals surface area contributed by atoms with E-state index in [0.717, 1.165) is 37.4 Å². The summed E-state index contributed by atoms with van der Waals surface area (Å²) in [4.78, 5) is 0. The molecule has 0 aliphatic heterocycles. The van der Waals surface area contributed by atoms with Gasteiger partial charge in [-0.2, -0.15) is 5.10 Å². The summed E-state index contributed by atoms with van der Waals surface area (Å²) in [5.74, 6) is 1.46. The van der Waals surface area contributed by atoms with E-state index in [2.05, 4.69) is 35.5 Å². The summed E-state index contributed by atoms with van der Waals surface area (Å²) < 4.78 is 7.08. The van der Waals surface area contributed by atoms with Crippen molar-refractivity contribution < 1.29 is 4.74 Å². The summed E-state index contributed by atoms with van der Waals surface area (Å²) in [6, 6.07) is 10.5. The maximum Gasteiger partial charge on any atom is 0.118 e. The number of nitrogens with zero attached hydrogens (tertiary/aromatic N) is 2. The molecule has 0 bridgehead atoms. The third kappa shape index (κ3) is 4.90. The highest BCUT2D eigenvalue weighted by atomic mass is 16.5. The van der Waals surface area contributed by atoms with Gasteiger partial charge in [-0.15, -0.1) is 0 Å². The molecule has 0 saturated heterocycles. The van der Waals surface area contributed by atoms with Crippen LogP contribution in [-0.4, -0.2) is 30.0 Å². The Bertz CT molecular complexity index is 533. The van der Waals surface area contributed by atoms with Gasteiger partial charge in [-0.25, -0.2) is 0 Å². The minimum Gasteiger partial charge on any atom is -0.497 e. The summed E-state index contributed by atoms with van der Waals surface area (Å²) >= 11 is 0. The lowest BCUT2D eigenvalue weighted by atomic mass is 9.94. The van der Waals surface area contributed by atoms with Gasteiger partial charge < -0.3 is 10.1 Å². The van der Waals surface area contributed by atoms with Gasteiger partial charge in [0.2, 0.25) is 0 Å². The Balaban J connectivity index is 2.00. The lowest BCUT2D eigenvalue weighted by Gasteiger charge is -2.16. The van der Waals surface area contributed by atoms with Gasteiger partial charge in [0.15, 0.2) is 0 Å². The van der Waals surface area contributed by atoms with Crippen LogP contribution < -0.4 is 10.1 Å². The average molecular weight is 287 g/mol. The van der Waals surface area contributed by atoms with Crippen LogP contribution in [0.5, 0.6) is 5.75 Å². The van der Waals surface area contributed by atoms with Gasteiger partial charge >= 0.3 is 0 Å². The first-order chi connectivity index (χ1) is 10.2. The maximum absolute atomic E-state index is 5.21. The molecule has 1 aromatic heterocycles. The molecule has 0 saturated carbocycles. The molecule has 1 atom stereocenters. The first kappa shape index (κ1) is 15.6. The predicted molar refractivity (Wildman–Crippen MR) is 85.6 cm³/mol. The minimum absolute atomic E-state index is 0.549. The van der Waals surface area contributed by atoms with Gasteiger partial charge in [0.05, 0.1) is 12.8 Å². The van der Waals surface area contributed by atoms with E-state index in [1.54, 1.807) is 7.11 Å². The molecule has 0 spiro atoms. The van der Waals surface area contributed by atoms with Crippen LogP contribution in [0.4, 0.5) is 0 Å². The number of rotatable bonds is 8. The van der Waals surface area contributed by atoms with Crippen molar-refractivity contribution in [2.75, 3.05) is 20.2 Å². The van der Waals surface area contributed by atoms with Gasteiger partial charge in [0.1, 0.15) is 5.75 Å². The number of aromatic nitrogens is 2. The van der Waals surface area contributed by atoms with Crippen LogP contribution in [0, 0.1) is 5.92 Å². The molecule has 4 heteroatoms. The standard InChI is InChI=1S/C17H25N3O/c1-4-18-13-15(12-16-9-10-20(2)19-16)11-14-5-7-17(21-3)8-6-14/h5-10,15,18H,4,11-13H2,1-3H3. The van der Waals surface area contributed by atoms with E-state index in [4.69, 9.17) is 4.74 Å². The fraction of sp³-hybridized carbons (Fsp3) is 0.471. The second-order valence-electron chi connectivity index (χ2n) is 5.41. The maximum atomic E-state index is 5.21. The first-order valence-electron chi connectivity index (χ1n) is 7.53. The van der Waals surface area contributed by atoms with E-state index in [0.29, 0.717) is 5.92 Å². The van der Waals surface area contributed by atoms with E-state index < -0.39 is 0 Å². The van der Waals surface area contributed by atoms with Gasteiger partial charge in [-0.05, 0) is 55.6 Å². The zero-order valence-electron chi connectivity index (χ0n) is 13.2. The fourth-order valence-corrected chi connectivity index (χ4v) is 2.53. The molecule has 0 aliphatic rings. The smallest absolute Gasteiger partial charge is 0.118 e. The second-order valence-corrected chi connectivity index (χ2v) is 5.41. The minimum atomic E-state index is 0.549. The molecule has 21 heavy (non-hydrogen) atoms. The largest absolute Gasteiger partial charge is 0.497 e. The van der Waals surface area contributed by atoms with Crippen LogP contribution >= 0.6 is 0 Å². The number of nitrogens with one attached hydrogen (secondary N) is 1. The molecule has 2 aromatic rings. The highest BCUT2D eigenvalue weighted by molar-refractivity contribution is 5.27. The summed E-state index contributed by atoms with van der Waals surface area (Å²) in [5.41, 5.74) is 2.50. The molecule has 2 rings (SSSR count). The van der Waals surface area contributed by atoms with Crippen LogP contribution in [0.2, 0.25) is 0 Å². The Morgan fingerprint density at radius 2 is 1.95 bits per heavy atom. The Labute approximate surface area is 127 Å². The summed E-state index contributed by atoms with van der Waals surface area (Å²) in [5, 5.41) is 7.96. The van der Waals surface area contributed by atoms with Gasteiger partial charge in [-0.3, -0.25) is 4.68 Å². The predicted octanol–water partition coefficient (Wildman–Crippen LogP) is 2.44. The molecule has 0 radical (unpaired) electrons. The number of benzene rings is 1. The monoisotopic (exact) mass is 287 g/mol. The average Bonchev–Trinajstić information content (AvgIpc) is 2.90. The van der Waals surface area contributed by atoms with Crippen LogP contribution in [0.1, 0.15) is 18.2 Å². The van der Waals surface area contributed by atoms with Crippen molar-refractivity contribution in [3.63, 3.8) is 0 Å². The molecule has 1 unspecified atom stereocenters. The molecule has 1 aromatic carbocycles. The van der Waals surface area contributed by atoms with Gasteiger partial charge in [-0.1, -0.05) is 19.1 Å². The summed E-state index contributed by atoms with van der Waals surface area (Å²) in [6.07, 6.45) is 4.06. The van der Waals surface area contributed by atoms with E-state index in [1.165, 1.54) is 5.56 Å². The van der Waals surface area contributed by atoms with E-state index >= 15 is 0 Å². The number of methoxy groups -OCH3 is 1. The third-order valence-corrected chi connectivity index (χ3v) is 3.63. The van der Waals surface area contributed by atoms with Crippen molar-refractivity contribution in [1.29, 1.82) is 0 Å². The molecule has 0 aliphatic carbocycles. The van der Waals surface area contributed by atoms with Crippen molar-refractivity contribution in [3.8, 4) is 5.75 Å². The third-order valence-electron chi connectivity index (χ3n) is 3.63. The quantitative estimate of drug-likeness (QED) is 0.810. The lowest BCUT2D eigenvalue weighted by molar-refractivity contribution is 0.414. The molecule has 4 nitrogen and oxygen atoms in total. The van der Waals surface area contributed by atoms with Crippen molar-refractivity contribution in [1.82, 2.24) is 15.1 Å². The van der Waals surface area contributed by atoms with Crippen LogP contribution in [0.15, 0.2) is 36.5 Å². The second kappa shape index (κ2) is 7.84. The van der Waals surface area contributed by atoms with Crippen molar-refractivity contribution in [2.24, 2.45) is 13.0 Å². The van der Waals surface area contributed by atoms with Crippen molar-refractivity contribution in [3.05, 3.63) is 47.8 Å². The Morgan fingerprint density at radius 1 is 1.19 bits per heavy atom. The van der Waals surface area contributed by atoms with Crippen LogP contribution in [-0.2, 0) is 19.9 Å².